The van der Waals surface area contributed by atoms with E-state index in [4.69, 9.17) is 23.7 Å². The second-order valence-corrected chi connectivity index (χ2v) is 12.9. The first-order chi connectivity index (χ1) is 22.1. The second-order valence-electron chi connectivity index (χ2n) is 12.9. The van der Waals surface area contributed by atoms with E-state index in [0.717, 1.165) is 29.4 Å². The molecular weight excluding hydrogens is 608 g/mol. The molecule has 1 aromatic carbocycles. The van der Waals surface area contributed by atoms with Gasteiger partial charge in [0.1, 0.15) is 31.4 Å². The predicted octanol–water partition coefficient (Wildman–Crippen LogP) is 4.32. The quantitative estimate of drug-likeness (QED) is 0.255. The van der Waals surface area contributed by atoms with E-state index in [1.54, 1.807) is 6.92 Å². The van der Waals surface area contributed by atoms with Crippen LogP contribution in [0.25, 0.3) is 5.57 Å². The first-order valence-electron chi connectivity index (χ1n) is 15.8. The Morgan fingerprint density at radius 3 is 2.34 bits per heavy atom. The van der Waals surface area contributed by atoms with Gasteiger partial charge in [0.15, 0.2) is 0 Å². The Morgan fingerprint density at radius 1 is 1.06 bits per heavy atom. The van der Waals surface area contributed by atoms with Gasteiger partial charge in [0, 0.05) is 32.1 Å². The Bertz CT molecular complexity index is 1390. The molecule has 1 fully saturated rings. The Morgan fingerprint density at radius 2 is 1.74 bits per heavy atom. The first-order valence-corrected chi connectivity index (χ1v) is 15.8. The van der Waals surface area contributed by atoms with E-state index in [1.807, 2.05) is 71.0 Å². The zero-order valence-corrected chi connectivity index (χ0v) is 28.8. The summed E-state index contributed by atoms with van der Waals surface area (Å²) in [5.41, 5.74) is 3.77. The number of methoxy groups -OCH3 is 1. The normalized spacial score (nSPS) is 21.1. The molecule has 12 heteroatoms. The number of carbonyl (C=O) groups excluding carboxylic acids is 5. The number of carbonyl (C=O) groups is 5. The lowest BCUT2D eigenvalue weighted by atomic mass is 9.95. The summed E-state index contributed by atoms with van der Waals surface area (Å²) >= 11 is 0. The van der Waals surface area contributed by atoms with E-state index >= 15 is 0 Å². The minimum atomic E-state index is -1.31. The molecule has 1 saturated heterocycles. The highest BCUT2D eigenvalue weighted by atomic mass is 16.6. The van der Waals surface area contributed by atoms with Gasteiger partial charge in [0.2, 0.25) is 5.91 Å². The highest BCUT2D eigenvalue weighted by Gasteiger charge is 2.45. The molecule has 1 N–H and O–H groups in total. The van der Waals surface area contributed by atoms with Crippen LogP contribution in [0.4, 0.5) is 4.79 Å². The number of allylic oxidation sites excluding steroid dienone is 3. The average Bonchev–Trinajstić information content (AvgIpc) is 3.53. The topological polar surface area (TPSA) is 147 Å². The molecule has 0 aromatic heterocycles. The van der Waals surface area contributed by atoms with Crippen molar-refractivity contribution in [2.75, 3.05) is 26.9 Å². The summed E-state index contributed by atoms with van der Waals surface area (Å²) in [6, 6.07) is 5.64. The third-order valence-corrected chi connectivity index (χ3v) is 8.22. The van der Waals surface area contributed by atoms with Gasteiger partial charge in [-0.15, -0.1) is 0 Å². The van der Waals surface area contributed by atoms with Gasteiger partial charge in [-0.1, -0.05) is 43.3 Å². The van der Waals surface area contributed by atoms with Crippen molar-refractivity contribution < 1.29 is 47.7 Å². The number of likely N-dealkylation sites (tertiary alicyclic amines) is 1. The molecule has 3 rings (SSSR count). The van der Waals surface area contributed by atoms with E-state index in [0.29, 0.717) is 0 Å². The van der Waals surface area contributed by atoms with Crippen LogP contribution in [0.1, 0.15) is 78.9 Å². The van der Waals surface area contributed by atoms with E-state index in [9.17, 15) is 24.0 Å². The molecule has 1 heterocycles. The minimum Gasteiger partial charge on any atom is -0.467 e. The fraction of sp³-hybridized carbons (Fsp3) is 0.571. The number of esters is 3. The summed E-state index contributed by atoms with van der Waals surface area (Å²) in [5, 5.41) is 2.69. The largest absolute Gasteiger partial charge is 0.467 e. The Kier molecular flexibility index (Phi) is 12.7. The number of rotatable bonds is 12. The summed E-state index contributed by atoms with van der Waals surface area (Å²) in [5.74, 6) is -3.77. The van der Waals surface area contributed by atoms with Crippen LogP contribution in [0.2, 0.25) is 0 Å². The van der Waals surface area contributed by atoms with Gasteiger partial charge in [-0.3, -0.25) is 19.3 Å². The standard InChI is InChI=1S/C35H48N2O10/c1-10-13-25-20(2)26-14-11-12-15-27(26)28(25)18-45-34(42)37-17-24(47-35(6,7)8)16-29(37)32(40)36-31(33(41)43-9)21(3)30(46-23(5)39)19-44-22(4)38/h10-15,21,24,28-31H,16-19H2,1-9H3,(H,36,40). The van der Waals surface area contributed by atoms with Crippen LogP contribution in [0.3, 0.4) is 0 Å². The molecular formula is C35H48N2O10. The van der Waals surface area contributed by atoms with Crippen molar-refractivity contribution in [3.05, 3.63) is 53.1 Å². The Balaban J connectivity index is 1.85. The molecule has 6 atom stereocenters. The third-order valence-electron chi connectivity index (χ3n) is 8.22. The highest BCUT2D eigenvalue weighted by molar-refractivity contribution is 5.90. The second kappa shape index (κ2) is 16.1. The van der Waals surface area contributed by atoms with Crippen LogP contribution >= 0.6 is 0 Å². The van der Waals surface area contributed by atoms with E-state index < -0.39 is 65.7 Å². The number of nitrogens with one attached hydrogen (secondary N) is 1. The van der Waals surface area contributed by atoms with Crippen molar-refractivity contribution in [3.8, 4) is 0 Å². The van der Waals surface area contributed by atoms with Gasteiger partial charge >= 0.3 is 24.0 Å². The SMILES string of the molecule is CC=CC1=C(C)c2ccccc2C1COC(=O)N1CC(OC(C)(C)C)CC1C(=O)NC(C(=O)OC)C(C)C(COC(C)=O)OC(C)=O. The van der Waals surface area contributed by atoms with Crippen molar-refractivity contribution >= 4 is 35.5 Å². The summed E-state index contributed by atoms with van der Waals surface area (Å²) in [6.45, 7) is 13.4. The maximum Gasteiger partial charge on any atom is 0.410 e. The van der Waals surface area contributed by atoms with Crippen LogP contribution in [0.15, 0.2) is 42.0 Å². The van der Waals surface area contributed by atoms with Crippen molar-refractivity contribution in [3.63, 3.8) is 0 Å². The van der Waals surface area contributed by atoms with Crippen molar-refractivity contribution in [2.24, 2.45) is 5.92 Å². The number of hydrogen-bond acceptors (Lipinski definition) is 10. The van der Waals surface area contributed by atoms with Crippen molar-refractivity contribution in [2.45, 2.75) is 97.6 Å². The average molecular weight is 657 g/mol. The van der Waals surface area contributed by atoms with E-state index in [2.05, 4.69) is 5.32 Å². The van der Waals surface area contributed by atoms with Gasteiger partial charge in [-0.25, -0.2) is 9.59 Å². The summed E-state index contributed by atoms with van der Waals surface area (Å²) in [7, 11) is 1.16. The number of benzene rings is 1. The lowest BCUT2D eigenvalue weighted by molar-refractivity contribution is -0.163. The molecule has 0 bridgehead atoms. The predicted molar refractivity (Wildman–Crippen MR) is 173 cm³/mol. The molecule has 12 nitrogen and oxygen atoms in total. The van der Waals surface area contributed by atoms with Gasteiger partial charge in [0.05, 0.1) is 25.4 Å². The lowest BCUT2D eigenvalue weighted by Gasteiger charge is -2.31. The van der Waals surface area contributed by atoms with Crippen molar-refractivity contribution in [1.29, 1.82) is 0 Å². The zero-order chi connectivity index (χ0) is 35.1. The molecule has 6 unspecified atom stereocenters. The number of ether oxygens (including phenoxy) is 5. The summed E-state index contributed by atoms with van der Waals surface area (Å²) < 4.78 is 27.4. The molecule has 1 aromatic rings. The van der Waals surface area contributed by atoms with E-state index in [-0.39, 0.29) is 32.1 Å². The molecule has 0 radical (unpaired) electrons. The van der Waals surface area contributed by atoms with Gasteiger partial charge in [-0.05, 0) is 56.9 Å². The summed E-state index contributed by atoms with van der Waals surface area (Å²) in [6.07, 6.45) is 1.87. The molecule has 2 amide bonds. The molecule has 0 spiro atoms. The number of amides is 2. The monoisotopic (exact) mass is 656 g/mol. The first kappa shape index (κ1) is 37.3. The lowest BCUT2D eigenvalue weighted by Crippen LogP contribution is -2.55. The number of fused-ring (bicyclic) bond motifs is 1. The van der Waals surface area contributed by atoms with Gasteiger partial charge in [-0.2, -0.15) is 0 Å². The maximum absolute atomic E-state index is 13.9. The Hall–Kier alpha value is -4.19. The fourth-order valence-corrected chi connectivity index (χ4v) is 6.10. The zero-order valence-electron chi connectivity index (χ0n) is 28.8. The smallest absolute Gasteiger partial charge is 0.410 e. The molecule has 1 aliphatic heterocycles. The van der Waals surface area contributed by atoms with Crippen LogP contribution in [-0.4, -0.2) is 91.6 Å². The molecule has 2 aliphatic rings. The molecule has 47 heavy (non-hydrogen) atoms. The van der Waals surface area contributed by atoms with E-state index in [1.165, 1.54) is 18.7 Å². The minimum absolute atomic E-state index is 0.0600. The van der Waals surface area contributed by atoms with Gasteiger partial charge in [0.25, 0.3) is 0 Å². The fourth-order valence-electron chi connectivity index (χ4n) is 6.10. The molecule has 258 valence electrons. The maximum atomic E-state index is 13.9. The summed E-state index contributed by atoms with van der Waals surface area (Å²) in [4.78, 5) is 65.1. The van der Waals surface area contributed by atoms with Crippen molar-refractivity contribution in [1.82, 2.24) is 10.2 Å². The third kappa shape index (κ3) is 9.66. The van der Waals surface area contributed by atoms with Crippen LogP contribution in [0, 0.1) is 5.92 Å². The highest BCUT2D eigenvalue weighted by Crippen LogP contribution is 2.42. The van der Waals surface area contributed by atoms with Gasteiger partial charge < -0.3 is 29.0 Å². The molecule has 0 saturated carbocycles. The van der Waals surface area contributed by atoms with Crippen LogP contribution in [-0.2, 0) is 42.9 Å². The molecule has 1 aliphatic carbocycles. The van der Waals surface area contributed by atoms with Crippen LogP contribution in [0.5, 0.6) is 0 Å². The Labute approximate surface area is 276 Å². The number of hydrogen-bond donors (Lipinski definition) is 1. The number of nitrogens with zero attached hydrogens (tertiary/aromatic N) is 1. The van der Waals surface area contributed by atoms with Crippen LogP contribution < -0.4 is 5.32 Å².